The Morgan fingerprint density at radius 2 is 0.700 bits per heavy atom. The van der Waals surface area contributed by atoms with Crippen molar-refractivity contribution in [2.75, 3.05) is 14.2 Å². The highest BCUT2D eigenvalue weighted by Gasteiger charge is 2.20. The fraction of sp³-hybridized carbons (Fsp3) is 0.0625. The zero-order chi connectivity index (χ0) is 27.7. The average molecular weight is 754 g/mol. The number of methoxy groups -OCH3 is 2. The minimum absolute atomic E-state index is 0.248. The van der Waals surface area contributed by atoms with Gasteiger partial charge in [0.2, 0.25) is 0 Å². The number of halogens is 2. The molecule has 0 atom stereocenters. The van der Waals surface area contributed by atoms with Gasteiger partial charge in [0.05, 0.1) is 14.2 Å². The van der Waals surface area contributed by atoms with Crippen molar-refractivity contribution in [2.45, 2.75) is 0 Å². The summed E-state index contributed by atoms with van der Waals surface area (Å²) in [4.78, 5) is 0. The molecular weight excluding hydrogens is 734 g/mol. The Hall–Kier alpha value is -3.64. The number of benzene rings is 7. The predicted molar refractivity (Wildman–Crippen MR) is 173 cm³/mol. The summed E-state index contributed by atoms with van der Waals surface area (Å²) in [6, 6.07) is 27.3. The summed E-state index contributed by atoms with van der Waals surface area (Å²) in [6.45, 7) is 0. The maximum Gasteiger partial charge on any atom is 0.345 e. The van der Waals surface area contributed by atoms with Crippen molar-refractivity contribution in [1.82, 2.24) is 0 Å². The Morgan fingerprint density at radius 1 is 0.400 bits per heavy atom. The maximum atomic E-state index is 12.5. The van der Waals surface area contributed by atoms with Gasteiger partial charge in [-0.05, 0) is 78.1 Å². The van der Waals surface area contributed by atoms with E-state index in [1.807, 2.05) is 36.4 Å². The SMILES string of the molecule is COc1ccc2c(ccc3ccc4ccc5ccc6ccc7c(I(=O)=O)c(OC)ccc7c6c5c4c32)c1I(=O)=O. The van der Waals surface area contributed by atoms with E-state index in [1.165, 1.54) is 14.2 Å². The molecule has 0 spiro atoms. The van der Waals surface area contributed by atoms with Crippen molar-refractivity contribution < 1.29 is 21.7 Å². The van der Waals surface area contributed by atoms with Crippen molar-refractivity contribution in [2.24, 2.45) is 0 Å². The van der Waals surface area contributed by atoms with Crippen LogP contribution in [0.3, 0.4) is 0 Å². The molecule has 0 heterocycles. The van der Waals surface area contributed by atoms with Gasteiger partial charge in [-0.15, -0.1) is 0 Å². The molecule has 0 aliphatic rings. The lowest BCUT2D eigenvalue weighted by Crippen LogP contribution is -1.92. The van der Waals surface area contributed by atoms with Gasteiger partial charge in [-0.1, -0.05) is 60.7 Å². The minimum atomic E-state index is -3.91. The van der Waals surface area contributed by atoms with Crippen molar-refractivity contribution in [3.63, 3.8) is 0 Å². The third kappa shape index (κ3) is 3.58. The molecule has 7 aromatic carbocycles. The van der Waals surface area contributed by atoms with Gasteiger partial charge >= 0.3 is 39.6 Å². The molecule has 7 rings (SSSR count). The van der Waals surface area contributed by atoms with Crippen LogP contribution in [0.1, 0.15) is 0 Å². The molecule has 0 aliphatic carbocycles. The second kappa shape index (κ2) is 9.48. The Bertz CT molecular complexity index is 2190. The molecular formula is C32H20I2O6. The zero-order valence-electron chi connectivity index (χ0n) is 21.3. The molecule has 0 radical (unpaired) electrons. The van der Waals surface area contributed by atoms with Crippen LogP contribution in [0, 0.1) is 7.14 Å². The molecule has 40 heavy (non-hydrogen) atoms. The van der Waals surface area contributed by atoms with Crippen molar-refractivity contribution in [1.29, 1.82) is 0 Å². The van der Waals surface area contributed by atoms with Crippen LogP contribution in [0.2, 0.25) is 0 Å². The highest BCUT2D eigenvalue weighted by atomic mass is 127. The van der Waals surface area contributed by atoms with Gasteiger partial charge in [0.25, 0.3) is 0 Å². The van der Waals surface area contributed by atoms with Crippen LogP contribution in [0.25, 0.3) is 64.6 Å². The molecule has 7 aromatic rings. The normalized spacial score (nSPS) is 12.1. The van der Waals surface area contributed by atoms with Crippen LogP contribution >= 0.6 is 39.6 Å². The largest absolute Gasteiger partial charge is 0.495 e. The van der Waals surface area contributed by atoms with Gasteiger partial charge in [0, 0.05) is 10.8 Å². The van der Waals surface area contributed by atoms with Crippen LogP contribution in [0.5, 0.6) is 11.5 Å². The summed E-state index contributed by atoms with van der Waals surface area (Å²) in [6.07, 6.45) is 0. The van der Waals surface area contributed by atoms with E-state index in [0.29, 0.717) is 22.3 Å². The Kier molecular flexibility index (Phi) is 6.00. The first kappa shape index (κ1) is 25.3. The number of hydrogen-bond donors (Lipinski definition) is 0. The van der Waals surface area contributed by atoms with Gasteiger partial charge in [-0.25, -0.2) is 12.3 Å². The van der Waals surface area contributed by atoms with Crippen LogP contribution < -0.4 is 9.47 Å². The second-order valence-electron chi connectivity index (χ2n) is 9.51. The number of ether oxygens (including phenoxy) is 2. The van der Waals surface area contributed by atoms with E-state index in [-0.39, 0.29) is 7.14 Å². The predicted octanol–water partition coefficient (Wildman–Crippen LogP) is 9.36. The number of rotatable bonds is 4. The third-order valence-corrected chi connectivity index (χ3v) is 11.7. The Labute approximate surface area is 242 Å². The van der Waals surface area contributed by atoms with Crippen molar-refractivity contribution >= 4 is 104 Å². The lowest BCUT2D eigenvalue weighted by molar-refractivity contribution is 0.412. The van der Waals surface area contributed by atoms with Crippen LogP contribution in [0.4, 0.5) is 0 Å². The van der Waals surface area contributed by atoms with Crippen LogP contribution in [-0.4, -0.2) is 14.2 Å². The molecule has 0 saturated heterocycles. The van der Waals surface area contributed by atoms with Crippen molar-refractivity contribution in [3.8, 4) is 11.5 Å². The number of fused-ring (bicyclic) bond motifs is 11. The lowest BCUT2D eigenvalue weighted by Gasteiger charge is -2.16. The molecule has 0 fully saturated rings. The minimum Gasteiger partial charge on any atom is -0.495 e. The Balaban J connectivity index is 1.80. The van der Waals surface area contributed by atoms with E-state index in [2.05, 4.69) is 36.4 Å². The van der Waals surface area contributed by atoms with Crippen LogP contribution in [0.15, 0.2) is 84.9 Å². The first-order chi connectivity index (χ1) is 19.4. The highest BCUT2D eigenvalue weighted by molar-refractivity contribution is 14.2. The van der Waals surface area contributed by atoms with E-state index in [1.54, 1.807) is 12.1 Å². The summed E-state index contributed by atoms with van der Waals surface area (Å²) < 4.78 is 61.2. The van der Waals surface area contributed by atoms with Gasteiger partial charge in [0.15, 0.2) is 0 Å². The van der Waals surface area contributed by atoms with Gasteiger partial charge in [0.1, 0.15) is 18.6 Å². The average Bonchev–Trinajstić information content (AvgIpc) is 2.98. The lowest BCUT2D eigenvalue weighted by atomic mass is 9.89. The van der Waals surface area contributed by atoms with E-state index in [4.69, 9.17) is 9.47 Å². The third-order valence-electron chi connectivity index (χ3n) is 7.67. The summed E-state index contributed by atoms with van der Waals surface area (Å²) in [5.41, 5.74) is 0. The van der Waals surface area contributed by atoms with Gasteiger partial charge in [-0.3, -0.25) is 0 Å². The Morgan fingerprint density at radius 3 is 1.02 bits per heavy atom. The van der Waals surface area contributed by atoms with E-state index in [9.17, 15) is 12.3 Å². The topological polar surface area (TPSA) is 86.7 Å². The second-order valence-corrected chi connectivity index (χ2v) is 14.1. The summed E-state index contributed by atoms with van der Waals surface area (Å²) in [7, 11) is 2.96. The molecule has 0 unspecified atom stereocenters. The standard InChI is InChI=1S/C32H20I2O6/c1-39-25-15-13-21-23(31(25)33(35)36)11-9-17-3-5-19-7-8-20-6-4-18-10-12-24-22(28(18)30(20)29(19)27(17)21)14-16-26(40-2)32(24)34(37)38/h3-16H,1-2H3. The smallest absolute Gasteiger partial charge is 0.345 e. The molecule has 0 bridgehead atoms. The monoisotopic (exact) mass is 754 g/mol. The summed E-state index contributed by atoms with van der Waals surface area (Å²) in [5.74, 6) is 0.694. The maximum absolute atomic E-state index is 12.5. The first-order valence-electron chi connectivity index (χ1n) is 12.3. The quantitative estimate of drug-likeness (QED) is 0.132. The molecule has 0 saturated carbocycles. The highest BCUT2D eigenvalue weighted by Crippen LogP contribution is 2.45. The van der Waals surface area contributed by atoms with Gasteiger partial charge in [-0.2, -0.15) is 0 Å². The van der Waals surface area contributed by atoms with E-state index < -0.39 is 39.6 Å². The van der Waals surface area contributed by atoms with E-state index >= 15 is 0 Å². The zero-order valence-corrected chi connectivity index (χ0v) is 25.6. The molecule has 198 valence electrons. The van der Waals surface area contributed by atoms with Crippen LogP contribution in [-0.2, 0) is 12.3 Å². The molecule has 0 N–H and O–H groups in total. The fourth-order valence-electron chi connectivity index (χ4n) is 6.01. The van der Waals surface area contributed by atoms with Gasteiger partial charge < -0.3 is 9.47 Å². The molecule has 6 nitrogen and oxygen atoms in total. The van der Waals surface area contributed by atoms with E-state index in [0.717, 1.165) is 53.9 Å². The molecule has 0 aromatic heterocycles. The molecule has 8 heteroatoms. The summed E-state index contributed by atoms with van der Waals surface area (Å²) in [5, 5.41) is 10.8. The molecule has 0 amide bonds. The fourth-order valence-corrected chi connectivity index (χ4v) is 9.57. The first-order valence-corrected chi connectivity index (χ1v) is 18.0. The number of hydrogen-bond acceptors (Lipinski definition) is 6. The molecule has 0 aliphatic heterocycles. The van der Waals surface area contributed by atoms with Crippen molar-refractivity contribution in [3.05, 3.63) is 92.1 Å². The summed E-state index contributed by atoms with van der Waals surface area (Å²) >= 11 is -7.82.